The lowest BCUT2D eigenvalue weighted by Crippen LogP contribution is -2.49. The van der Waals surface area contributed by atoms with Gasteiger partial charge in [-0.3, -0.25) is 14.4 Å². The lowest BCUT2D eigenvalue weighted by Gasteiger charge is -2.38. The summed E-state index contributed by atoms with van der Waals surface area (Å²) in [5.74, 6) is -2.50. The first-order chi connectivity index (χ1) is 17.6. The standard InChI is InChI=1S/C31H25ClFNO3/c1-30(2,3)29(37)26-25(21-10-6-7-11-22(21)33)31(27(35)19-8-4-5-9-20(19)28(31)36)24-15-12-17-16-18(32)13-14-23(17)34(24)26/h4-16,24-26H,1-3H3. The molecule has 37 heavy (non-hydrogen) atoms. The van der Waals surface area contributed by atoms with Crippen LogP contribution in [-0.2, 0) is 4.79 Å². The molecule has 1 spiro atoms. The third kappa shape index (κ3) is 3.10. The first-order valence-corrected chi connectivity index (χ1v) is 12.7. The highest BCUT2D eigenvalue weighted by molar-refractivity contribution is 6.32. The average Bonchev–Trinajstić information content (AvgIpc) is 3.29. The molecule has 2 aliphatic heterocycles. The third-order valence-electron chi connectivity index (χ3n) is 8.01. The van der Waals surface area contributed by atoms with Crippen LogP contribution in [0.3, 0.4) is 0 Å². The SMILES string of the molecule is CC(C)(C)C(=O)C1C(c2ccccc2F)C2(C(=O)c3ccccc3C2=O)C2C=Cc3cc(Cl)ccc3N12. The summed E-state index contributed by atoms with van der Waals surface area (Å²) >= 11 is 6.29. The van der Waals surface area contributed by atoms with Crippen LogP contribution < -0.4 is 4.90 Å². The van der Waals surface area contributed by atoms with Crippen LogP contribution in [0.15, 0.2) is 72.8 Å². The molecule has 0 amide bonds. The van der Waals surface area contributed by atoms with E-state index < -0.39 is 34.6 Å². The van der Waals surface area contributed by atoms with Gasteiger partial charge in [0, 0.05) is 33.2 Å². The second kappa shape index (κ2) is 7.96. The Morgan fingerprint density at radius 1 is 0.946 bits per heavy atom. The molecule has 6 rings (SSSR count). The maximum Gasteiger partial charge on any atom is 0.180 e. The molecule has 3 aromatic rings. The van der Waals surface area contributed by atoms with E-state index in [-0.39, 0.29) is 22.9 Å². The molecular formula is C31H25ClFNO3. The number of nitrogens with zero attached hydrogens (tertiary/aromatic N) is 1. The number of ketones is 3. The molecule has 0 saturated carbocycles. The van der Waals surface area contributed by atoms with Crippen molar-refractivity contribution >= 4 is 40.7 Å². The maximum absolute atomic E-state index is 15.6. The van der Waals surface area contributed by atoms with E-state index in [0.29, 0.717) is 21.8 Å². The smallest absolute Gasteiger partial charge is 0.180 e. The first kappa shape index (κ1) is 23.8. The van der Waals surface area contributed by atoms with Crippen LogP contribution in [0.2, 0.25) is 5.02 Å². The molecule has 3 atom stereocenters. The van der Waals surface area contributed by atoms with Crippen LogP contribution in [-0.4, -0.2) is 29.4 Å². The van der Waals surface area contributed by atoms with Crippen molar-refractivity contribution in [2.75, 3.05) is 4.90 Å². The summed E-state index contributed by atoms with van der Waals surface area (Å²) in [6.45, 7) is 5.43. The number of fused-ring (bicyclic) bond motifs is 5. The zero-order valence-corrected chi connectivity index (χ0v) is 21.4. The molecular weight excluding hydrogens is 489 g/mol. The molecule has 1 fully saturated rings. The number of carbonyl (C=O) groups excluding carboxylic acids is 3. The van der Waals surface area contributed by atoms with Crippen LogP contribution in [0.1, 0.15) is 58.5 Å². The Morgan fingerprint density at radius 2 is 1.57 bits per heavy atom. The summed E-state index contributed by atoms with van der Waals surface area (Å²) in [5, 5.41) is 0.528. The summed E-state index contributed by atoms with van der Waals surface area (Å²) in [6.07, 6.45) is 3.65. The first-order valence-electron chi connectivity index (χ1n) is 12.3. The monoisotopic (exact) mass is 513 g/mol. The van der Waals surface area contributed by atoms with E-state index in [1.54, 1.807) is 54.6 Å². The van der Waals surface area contributed by atoms with Crippen molar-refractivity contribution in [3.8, 4) is 0 Å². The maximum atomic E-state index is 15.6. The highest BCUT2D eigenvalue weighted by Crippen LogP contribution is 2.61. The number of hydrogen-bond donors (Lipinski definition) is 0. The second-order valence-electron chi connectivity index (χ2n) is 11.0. The van der Waals surface area contributed by atoms with Crippen molar-refractivity contribution in [3.05, 3.63) is 106 Å². The van der Waals surface area contributed by atoms with Gasteiger partial charge in [0.05, 0.1) is 12.1 Å². The van der Waals surface area contributed by atoms with Crippen LogP contribution >= 0.6 is 11.6 Å². The fourth-order valence-electron chi connectivity index (χ4n) is 6.46. The Morgan fingerprint density at radius 3 is 2.19 bits per heavy atom. The van der Waals surface area contributed by atoms with Crippen molar-refractivity contribution in [1.82, 2.24) is 0 Å². The molecule has 0 aromatic heterocycles. The fraction of sp³-hybridized carbons (Fsp3) is 0.258. The van der Waals surface area contributed by atoms with Gasteiger partial charge < -0.3 is 4.90 Å². The predicted octanol–water partition coefficient (Wildman–Crippen LogP) is 6.53. The normalized spacial score (nSPS) is 23.3. The van der Waals surface area contributed by atoms with Gasteiger partial charge in [-0.25, -0.2) is 4.39 Å². The average molecular weight is 514 g/mol. The van der Waals surface area contributed by atoms with Crippen molar-refractivity contribution in [2.45, 2.75) is 38.8 Å². The Kier molecular flexibility index (Phi) is 5.12. The number of halogens is 2. The van der Waals surface area contributed by atoms with Crippen molar-refractivity contribution in [2.24, 2.45) is 10.8 Å². The molecule has 6 heteroatoms. The van der Waals surface area contributed by atoms with Gasteiger partial charge in [-0.05, 0) is 35.4 Å². The van der Waals surface area contributed by atoms with Gasteiger partial charge in [0.2, 0.25) is 0 Å². The minimum Gasteiger partial charge on any atom is -0.352 e. The van der Waals surface area contributed by atoms with E-state index in [1.807, 2.05) is 43.9 Å². The molecule has 1 saturated heterocycles. The van der Waals surface area contributed by atoms with Gasteiger partial charge in [-0.2, -0.15) is 0 Å². The molecule has 4 nitrogen and oxygen atoms in total. The minimum absolute atomic E-state index is 0.171. The van der Waals surface area contributed by atoms with Crippen LogP contribution in [0.25, 0.3) is 6.08 Å². The van der Waals surface area contributed by atoms with Gasteiger partial charge in [0.15, 0.2) is 17.3 Å². The van der Waals surface area contributed by atoms with Gasteiger partial charge in [0.1, 0.15) is 11.2 Å². The number of benzene rings is 3. The second-order valence-corrected chi connectivity index (χ2v) is 11.5. The summed E-state index contributed by atoms with van der Waals surface area (Å²) in [7, 11) is 0. The molecule has 3 aliphatic rings. The quantitative estimate of drug-likeness (QED) is 0.366. The predicted molar refractivity (Wildman–Crippen MR) is 142 cm³/mol. The Hall–Kier alpha value is -3.57. The summed E-state index contributed by atoms with van der Waals surface area (Å²) in [4.78, 5) is 45.0. The van der Waals surface area contributed by atoms with Gasteiger partial charge in [-0.1, -0.05) is 87.0 Å². The van der Waals surface area contributed by atoms with Gasteiger partial charge >= 0.3 is 0 Å². The van der Waals surface area contributed by atoms with Gasteiger partial charge in [0.25, 0.3) is 0 Å². The fourth-order valence-corrected chi connectivity index (χ4v) is 6.64. The van der Waals surface area contributed by atoms with E-state index in [4.69, 9.17) is 11.6 Å². The van der Waals surface area contributed by atoms with Crippen molar-refractivity contribution in [1.29, 1.82) is 0 Å². The minimum atomic E-state index is -1.70. The molecule has 0 bridgehead atoms. The van der Waals surface area contributed by atoms with E-state index in [9.17, 15) is 14.4 Å². The van der Waals surface area contributed by atoms with E-state index in [1.165, 1.54) is 6.07 Å². The number of rotatable bonds is 2. The molecule has 3 aromatic carbocycles. The zero-order valence-electron chi connectivity index (χ0n) is 20.7. The number of carbonyl (C=O) groups is 3. The highest BCUT2D eigenvalue weighted by atomic mass is 35.5. The Balaban J connectivity index is 1.72. The van der Waals surface area contributed by atoms with Crippen molar-refractivity contribution < 1.29 is 18.8 Å². The van der Waals surface area contributed by atoms with Gasteiger partial charge in [-0.15, -0.1) is 0 Å². The number of Topliss-reactive ketones (excluding diaryl/α,β-unsaturated/α-hetero) is 3. The Bertz CT molecular complexity index is 1500. The highest BCUT2D eigenvalue weighted by Gasteiger charge is 2.72. The van der Waals surface area contributed by atoms with E-state index in [2.05, 4.69) is 0 Å². The topological polar surface area (TPSA) is 54.5 Å². The summed E-state index contributed by atoms with van der Waals surface area (Å²) in [5.41, 5.74) is -0.246. The molecule has 0 N–H and O–H groups in total. The lowest BCUT2D eigenvalue weighted by atomic mass is 9.63. The molecule has 0 radical (unpaired) electrons. The van der Waals surface area contributed by atoms with Crippen LogP contribution in [0, 0.1) is 16.6 Å². The van der Waals surface area contributed by atoms with Crippen molar-refractivity contribution in [3.63, 3.8) is 0 Å². The van der Waals surface area contributed by atoms with E-state index in [0.717, 1.165) is 5.56 Å². The molecule has 3 unspecified atom stereocenters. The summed E-state index contributed by atoms with van der Waals surface area (Å²) < 4.78 is 15.6. The third-order valence-corrected chi connectivity index (χ3v) is 8.25. The molecule has 1 aliphatic carbocycles. The lowest BCUT2D eigenvalue weighted by molar-refractivity contribution is -0.127. The van der Waals surface area contributed by atoms with Crippen LogP contribution in [0.4, 0.5) is 10.1 Å². The molecule has 186 valence electrons. The summed E-state index contributed by atoms with van der Waals surface area (Å²) in [6, 6.07) is 16.5. The number of hydrogen-bond acceptors (Lipinski definition) is 4. The molecule has 2 heterocycles. The van der Waals surface area contributed by atoms with E-state index >= 15 is 4.39 Å². The Labute approximate surface area is 219 Å². The number of anilines is 1. The largest absolute Gasteiger partial charge is 0.352 e. The van der Waals surface area contributed by atoms with Crippen LogP contribution in [0.5, 0.6) is 0 Å². The zero-order chi connectivity index (χ0) is 26.3.